The summed E-state index contributed by atoms with van der Waals surface area (Å²) in [6, 6.07) is 10.2. The Morgan fingerprint density at radius 2 is 2.17 bits per heavy atom. The van der Waals surface area contributed by atoms with E-state index in [9.17, 15) is 9.90 Å². The van der Waals surface area contributed by atoms with E-state index in [2.05, 4.69) is 46.7 Å². The molecule has 1 aromatic heterocycles. The minimum atomic E-state index is -0.658. The second kappa shape index (κ2) is 7.68. The molecule has 0 bridgehead atoms. The van der Waals surface area contributed by atoms with Gasteiger partial charge in [0, 0.05) is 31.4 Å². The van der Waals surface area contributed by atoms with Crippen LogP contribution in [0.15, 0.2) is 41.1 Å². The molecule has 0 spiro atoms. The van der Waals surface area contributed by atoms with Gasteiger partial charge in [-0.05, 0) is 47.9 Å². The maximum Gasteiger partial charge on any atom is 0.315 e. The van der Waals surface area contributed by atoms with Crippen LogP contribution in [0.1, 0.15) is 23.7 Å². The number of aliphatic hydroxyl groups is 1. The molecule has 2 aromatic rings. The maximum atomic E-state index is 12.0. The van der Waals surface area contributed by atoms with E-state index in [1.54, 1.807) is 0 Å². The molecule has 24 heavy (non-hydrogen) atoms. The van der Waals surface area contributed by atoms with E-state index in [1.165, 1.54) is 22.6 Å². The smallest absolute Gasteiger partial charge is 0.315 e. The van der Waals surface area contributed by atoms with Crippen LogP contribution in [0, 0.1) is 6.92 Å². The number of amides is 2. The summed E-state index contributed by atoms with van der Waals surface area (Å²) >= 11 is 1.53. The van der Waals surface area contributed by atoms with Crippen LogP contribution in [0.4, 0.5) is 10.5 Å². The Morgan fingerprint density at radius 3 is 2.88 bits per heavy atom. The number of nitrogens with one attached hydrogen (secondary N) is 2. The van der Waals surface area contributed by atoms with Crippen LogP contribution < -0.4 is 15.5 Å². The van der Waals surface area contributed by atoms with Gasteiger partial charge in [0.05, 0.1) is 6.10 Å². The maximum absolute atomic E-state index is 12.0. The molecule has 0 aliphatic carbocycles. The molecule has 1 saturated heterocycles. The van der Waals surface area contributed by atoms with Gasteiger partial charge in [0.25, 0.3) is 0 Å². The Balaban J connectivity index is 1.43. The van der Waals surface area contributed by atoms with E-state index in [-0.39, 0.29) is 18.6 Å². The highest BCUT2D eigenvalue weighted by Crippen LogP contribution is 2.20. The first-order chi connectivity index (χ1) is 11.6. The first-order valence-electron chi connectivity index (χ1n) is 8.18. The summed E-state index contributed by atoms with van der Waals surface area (Å²) in [5, 5.41) is 19.5. The molecule has 128 valence electrons. The lowest BCUT2D eigenvalue weighted by molar-refractivity contribution is 0.173. The summed E-state index contributed by atoms with van der Waals surface area (Å²) in [5.41, 5.74) is 3.28. The lowest BCUT2D eigenvalue weighted by Gasteiger charge is -2.19. The van der Waals surface area contributed by atoms with Gasteiger partial charge in [-0.15, -0.1) is 0 Å². The van der Waals surface area contributed by atoms with Crippen molar-refractivity contribution in [1.29, 1.82) is 0 Å². The molecular weight excluding hydrogens is 322 g/mol. The molecule has 0 saturated carbocycles. The molecule has 3 N–H and O–H groups in total. The predicted octanol–water partition coefficient (Wildman–Crippen LogP) is 2.67. The van der Waals surface area contributed by atoms with Crippen molar-refractivity contribution in [3.8, 4) is 0 Å². The number of nitrogens with zero attached hydrogens (tertiary/aromatic N) is 1. The minimum Gasteiger partial charge on any atom is -0.387 e. The summed E-state index contributed by atoms with van der Waals surface area (Å²) < 4.78 is 0. The molecule has 1 fully saturated rings. The van der Waals surface area contributed by atoms with Gasteiger partial charge >= 0.3 is 6.03 Å². The molecule has 2 unspecified atom stereocenters. The van der Waals surface area contributed by atoms with Crippen LogP contribution in [0.25, 0.3) is 0 Å². The summed E-state index contributed by atoms with van der Waals surface area (Å²) in [7, 11) is 0. The van der Waals surface area contributed by atoms with Crippen molar-refractivity contribution in [2.24, 2.45) is 0 Å². The van der Waals surface area contributed by atoms with Gasteiger partial charge in [-0.1, -0.05) is 17.7 Å². The fraction of sp³-hybridized carbons (Fsp3) is 0.389. The van der Waals surface area contributed by atoms with Crippen LogP contribution in [0.2, 0.25) is 0 Å². The highest BCUT2D eigenvalue weighted by molar-refractivity contribution is 7.07. The van der Waals surface area contributed by atoms with E-state index in [1.807, 2.05) is 16.8 Å². The number of hydrogen-bond donors (Lipinski definition) is 3. The number of carbonyl (C=O) groups is 1. The number of anilines is 1. The number of aryl methyl sites for hydroxylation is 1. The van der Waals surface area contributed by atoms with E-state index in [0.29, 0.717) is 0 Å². The topological polar surface area (TPSA) is 64.6 Å². The third kappa shape index (κ3) is 4.27. The van der Waals surface area contributed by atoms with Crippen LogP contribution in [0.5, 0.6) is 0 Å². The molecule has 1 aliphatic heterocycles. The van der Waals surface area contributed by atoms with Crippen molar-refractivity contribution < 1.29 is 9.90 Å². The van der Waals surface area contributed by atoms with Gasteiger partial charge in [0.1, 0.15) is 0 Å². The monoisotopic (exact) mass is 345 g/mol. The Labute approximate surface area is 146 Å². The molecule has 3 rings (SSSR count). The van der Waals surface area contributed by atoms with Crippen molar-refractivity contribution in [2.75, 3.05) is 24.5 Å². The highest BCUT2D eigenvalue weighted by Gasteiger charge is 2.24. The van der Waals surface area contributed by atoms with Gasteiger partial charge in [0.15, 0.2) is 0 Å². The predicted molar refractivity (Wildman–Crippen MR) is 97.6 cm³/mol. The Morgan fingerprint density at radius 1 is 1.38 bits per heavy atom. The Bertz CT molecular complexity index is 657. The molecule has 1 aliphatic rings. The third-order valence-electron chi connectivity index (χ3n) is 4.31. The van der Waals surface area contributed by atoms with Crippen LogP contribution in [0.3, 0.4) is 0 Å². The Kier molecular flexibility index (Phi) is 5.37. The molecule has 2 atom stereocenters. The fourth-order valence-electron chi connectivity index (χ4n) is 2.88. The van der Waals surface area contributed by atoms with Crippen molar-refractivity contribution in [1.82, 2.24) is 10.6 Å². The zero-order valence-corrected chi connectivity index (χ0v) is 14.6. The number of carbonyl (C=O) groups excluding carboxylic acids is 1. The fourth-order valence-corrected chi connectivity index (χ4v) is 3.58. The van der Waals surface area contributed by atoms with Crippen LogP contribution >= 0.6 is 11.3 Å². The second-order valence-corrected chi connectivity index (χ2v) is 6.97. The van der Waals surface area contributed by atoms with E-state index in [0.717, 1.165) is 25.1 Å². The zero-order valence-electron chi connectivity index (χ0n) is 13.7. The quantitative estimate of drug-likeness (QED) is 0.781. The zero-order chi connectivity index (χ0) is 16.9. The largest absolute Gasteiger partial charge is 0.387 e. The van der Waals surface area contributed by atoms with Gasteiger partial charge < -0.3 is 20.6 Å². The van der Waals surface area contributed by atoms with E-state index in [4.69, 9.17) is 0 Å². The van der Waals surface area contributed by atoms with Crippen LogP contribution in [-0.4, -0.2) is 36.8 Å². The van der Waals surface area contributed by atoms with Crippen LogP contribution in [-0.2, 0) is 0 Å². The number of urea groups is 1. The molecule has 6 heteroatoms. The number of benzene rings is 1. The summed E-state index contributed by atoms with van der Waals surface area (Å²) in [4.78, 5) is 14.3. The lowest BCUT2D eigenvalue weighted by Crippen LogP contribution is -2.44. The van der Waals surface area contributed by atoms with Crippen molar-refractivity contribution in [3.05, 3.63) is 52.2 Å². The van der Waals surface area contributed by atoms with Gasteiger partial charge in [0.2, 0.25) is 0 Å². The normalized spacial score (nSPS) is 18.4. The van der Waals surface area contributed by atoms with Crippen molar-refractivity contribution in [2.45, 2.75) is 25.5 Å². The highest BCUT2D eigenvalue weighted by atomic mass is 32.1. The molecule has 2 amide bonds. The lowest BCUT2D eigenvalue weighted by atomic mass is 10.2. The first-order valence-corrected chi connectivity index (χ1v) is 9.12. The molecule has 5 nitrogen and oxygen atoms in total. The third-order valence-corrected chi connectivity index (χ3v) is 5.01. The van der Waals surface area contributed by atoms with Crippen molar-refractivity contribution in [3.63, 3.8) is 0 Å². The SMILES string of the molecule is Cc1ccc(N2CCC(NC(=O)NCC(O)c3ccsc3)C2)cc1. The van der Waals surface area contributed by atoms with E-state index >= 15 is 0 Å². The summed E-state index contributed by atoms with van der Waals surface area (Å²) in [6.45, 7) is 4.04. The summed E-state index contributed by atoms with van der Waals surface area (Å²) in [6.07, 6.45) is 0.267. The number of thiophene rings is 1. The minimum absolute atomic E-state index is 0.129. The Hall–Kier alpha value is -2.05. The number of rotatable bonds is 5. The van der Waals surface area contributed by atoms with Gasteiger partial charge in [-0.25, -0.2) is 4.79 Å². The number of aliphatic hydroxyl groups excluding tert-OH is 1. The van der Waals surface area contributed by atoms with Gasteiger partial charge in [-0.3, -0.25) is 0 Å². The van der Waals surface area contributed by atoms with Crippen molar-refractivity contribution >= 4 is 23.1 Å². The summed E-state index contributed by atoms with van der Waals surface area (Å²) in [5.74, 6) is 0. The average Bonchev–Trinajstić information content (AvgIpc) is 3.25. The second-order valence-electron chi connectivity index (χ2n) is 6.19. The molecule has 1 aromatic carbocycles. The standard InChI is InChI=1S/C18H23N3O2S/c1-13-2-4-16(5-3-13)21-8-6-15(11-21)20-18(23)19-10-17(22)14-7-9-24-12-14/h2-5,7,9,12,15,17,22H,6,8,10-11H2,1H3,(H2,19,20,23). The number of hydrogen-bond acceptors (Lipinski definition) is 4. The molecule has 0 radical (unpaired) electrons. The van der Waals surface area contributed by atoms with E-state index < -0.39 is 6.10 Å². The molecular formula is C18H23N3O2S. The van der Waals surface area contributed by atoms with Gasteiger partial charge in [-0.2, -0.15) is 11.3 Å². The first kappa shape index (κ1) is 16.8. The average molecular weight is 345 g/mol. The molecule has 2 heterocycles.